The number of carboxylic acids is 1. The SMILES string of the molecule is C=CCOC(=O)NC(Cc1ccco1)C(=O)O. The van der Waals surface area contributed by atoms with Crippen LogP contribution < -0.4 is 5.32 Å². The third-order valence-electron chi connectivity index (χ3n) is 1.91. The van der Waals surface area contributed by atoms with E-state index in [1.807, 2.05) is 0 Å². The van der Waals surface area contributed by atoms with Crippen molar-refractivity contribution >= 4 is 12.1 Å². The van der Waals surface area contributed by atoms with E-state index in [0.29, 0.717) is 5.76 Å². The first-order valence-electron chi connectivity index (χ1n) is 4.93. The maximum absolute atomic E-state index is 11.2. The molecule has 0 aliphatic rings. The number of carboxylic acid groups (broad SMARTS) is 1. The molecule has 0 spiro atoms. The predicted octanol–water partition coefficient (Wildman–Crippen LogP) is 1.19. The van der Waals surface area contributed by atoms with E-state index in [4.69, 9.17) is 9.52 Å². The summed E-state index contributed by atoms with van der Waals surface area (Å²) in [5.74, 6) is -0.682. The summed E-state index contributed by atoms with van der Waals surface area (Å²) in [4.78, 5) is 22.1. The van der Waals surface area contributed by atoms with Gasteiger partial charge in [0.05, 0.1) is 6.26 Å². The first-order valence-corrected chi connectivity index (χ1v) is 4.93. The van der Waals surface area contributed by atoms with Gasteiger partial charge in [0.15, 0.2) is 0 Å². The van der Waals surface area contributed by atoms with E-state index in [1.165, 1.54) is 12.3 Å². The summed E-state index contributed by atoms with van der Waals surface area (Å²) in [6.45, 7) is 3.40. The number of carbonyl (C=O) groups excluding carboxylic acids is 1. The number of furan rings is 1. The van der Waals surface area contributed by atoms with Gasteiger partial charge in [0.25, 0.3) is 0 Å². The molecule has 2 N–H and O–H groups in total. The number of carbonyl (C=O) groups is 2. The highest BCUT2D eigenvalue weighted by atomic mass is 16.5. The minimum atomic E-state index is -1.16. The maximum Gasteiger partial charge on any atom is 0.408 e. The van der Waals surface area contributed by atoms with Gasteiger partial charge in [0.1, 0.15) is 18.4 Å². The van der Waals surface area contributed by atoms with Gasteiger partial charge in [-0.1, -0.05) is 12.7 Å². The van der Waals surface area contributed by atoms with Gasteiger partial charge in [-0.25, -0.2) is 9.59 Å². The van der Waals surface area contributed by atoms with Crippen LogP contribution in [0.1, 0.15) is 5.76 Å². The Morgan fingerprint density at radius 2 is 2.41 bits per heavy atom. The molecule has 92 valence electrons. The lowest BCUT2D eigenvalue weighted by Crippen LogP contribution is -2.42. The van der Waals surface area contributed by atoms with Crippen LogP contribution in [0.3, 0.4) is 0 Å². The molecule has 6 nitrogen and oxygen atoms in total. The van der Waals surface area contributed by atoms with Crippen molar-refractivity contribution in [3.8, 4) is 0 Å². The van der Waals surface area contributed by atoms with E-state index >= 15 is 0 Å². The largest absolute Gasteiger partial charge is 0.480 e. The minimum absolute atomic E-state index is 0.0267. The van der Waals surface area contributed by atoms with Crippen LogP contribution in [0, 0.1) is 0 Å². The third-order valence-corrected chi connectivity index (χ3v) is 1.91. The Labute approximate surface area is 97.9 Å². The standard InChI is InChI=1S/C11H13NO5/c1-2-5-17-11(15)12-9(10(13)14)7-8-4-3-6-16-8/h2-4,6,9H,1,5,7H2,(H,12,15)(H,13,14). The Balaban J connectivity index is 2.51. The Kier molecular flexibility index (Phi) is 4.80. The summed E-state index contributed by atoms with van der Waals surface area (Å²) in [6, 6.07) is 2.19. The van der Waals surface area contributed by atoms with Gasteiger partial charge in [-0.3, -0.25) is 0 Å². The molecule has 0 bridgehead atoms. The zero-order chi connectivity index (χ0) is 12.7. The number of nitrogens with one attached hydrogen (secondary N) is 1. The van der Waals surface area contributed by atoms with Gasteiger partial charge in [0.2, 0.25) is 0 Å². The second kappa shape index (κ2) is 6.37. The Hall–Kier alpha value is -2.24. The molecule has 0 fully saturated rings. The highest BCUT2D eigenvalue weighted by Crippen LogP contribution is 2.04. The Morgan fingerprint density at radius 3 is 2.94 bits per heavy atom. The zero-order valence-electron chi connectivity index (χ0n) is 9.09. The number of hydrogen-bond donors (Lipinski definition) is 2. The minimum Gasteiger partial charge on any atom is -0.480 e. The van der Waals surface area contributed by atoms with Crippen LogP contribution in [0.4, 0.5) is 4.79 Å². The highest BCUT2D eigenvalue weighted by Gasteiger charge is 2.22. The smallest absolute Gasteiger partial charge is 0.408 e. The van der Waals surface area contributed by atoms with Crippen molar-refractivity contribution in [2.45, 2.75) is 12.5 Å². The first kappa shape index (κ1) is 12.8. The van der Waals surface area contributed by atoms with E-state index in [0.717, 1.165) is 0 Å². The fourth-order valence-electron chi connectivity index (χ4n) is 1.15. The Morgan fingerprint density at radius 1 is 1.65 bits per heavy atom. The molecule has 0 aliphatic heterocycles. The maximum atomic E-state index is 11.2. The van der Waals surface area contributed by atoms with Gasteiger partial charge in [0, 0.05) is 6.42 Å². The van der Waals surface area contributed by atoms with Gasteiger partial charge >= 0.3 is 12.1 Å². The van der Waals surface area contributed by atoms with E-state index in [2.05, 4.69) is 16.6 Å². The second-order valence-electron chi connectivity index (χ2n) is 3.21. The summed E-state index contributed by atoms with van der Waals surface area (Å²) in [7, 11) is 0. The van der Waals surface area contributed by atoms with Crippen LogP contribution in [-0.4, -0.2) is 29.8 Å². The van der Waals surface area contributed by atoms with Crippen LogP contribution in [-0.2, 0) is 16.0 Å². The summed E-state index contributed by atoms with van der Waals surface area (Å²) in [5, 5.41) is 11.1. The van der Waals surface area contributed by atoms with Gasteiger partial charge in [-0.2, -0.15) is 0 Å². The average Bonchev–Trinajstić information content (AvgIpc) is 2.78. The van der Waals surface area contributed by atoms with Crippen LogP contribution in [0.5, 0.6) is 0 Å². The third kappa shape index (κ3) is 4.42. The predicted molar refractivity (Wildman–Crippen MR) is 58.5 cm³/mol. The van der Waals surface area contributed by atoms with Crippen molar-refractivity contribution in [2.75, 3.05) is 6.61 Å². The second-order valence-corrected chi connectivity index (χ2v) is 3.21. The normalized spacial score (nSPS) is 11.5. The van der Waals surface area contributed by atoms with Crippen LogP contribution in [0.15, 0.2) is 35.5 Å². The molecule has 1 rings (SSSR count). The number of hydrogen-bond acceptors (Lipinski definition) is 4. The molecule has 1 unspecified atom stereocenters. The summed E-state index contributed by atoms with van der Waals surface area (Å²) in [5.41, 5.74) is 0. The average molecular weight is 239 g/mol. The topological polar surface area (TPSA) is 88.8 Å². The number of rotatable bonds is 6. The quantitative estimate of drug-likeness (QED) is 0.728. The van der Waals surface area contributed by atoms with Crippen LogP contribution >= 0.6 is 0 Å². The molecule has 17 heavy (non-hydrogen) atoms. The molecule has 0 saturated carbocycles. The van der Waals surface area contributed by atoms with Crippen molar-refractivity contribution in [2.24, 2.45) is 0 Å². The van der Waals surface area contributed by atoms with Crippen molar-refractivity contribution in [1.29, 1.82) is 0 Å². The van der Waals surface area contributed by atoms with E-state index < -0.39 is 18.1 Å². The molecule has 1 atom stereocenters. The fraction of sp³-hybridized carbons (Fsp3) is 0.273. The lowest BCUT2D eigenvalue weighted by Gasteiger charge is -2.12. The molecule has 1 heterocycles. The van der Waals surface area contributed by atoms with Crippen molar-refractivity contribution in [3.05, 3.63) is 36.8 Å². The summed E-state index contributed by atoms with van der Waals surface area (Å²) in [6.07, 6.45) is 2.08. The molecule has 0 aromatic carbocycles. The molecule has 1 amide bonds. The van der Waals surface area contributed by atoms with Crippen LogP contribution in [0.2, 0.25) is 0 Å². The summed E-state index contributed by atoms with van der Waals surface area (Å²) < 4.78 is 9.63. The van der Waals surface area contributed by atoms with Gasteiger partial charge in [-0.05, 0) is 12.1 Å². The highest BCUT2D eigenvalue weighted by molar-refractivity contribution is 5.80. The molecule has 0 saturated heterocycles. The van der Waals surface area contributed by atoms with E-state index in [1.54, 1.807) is 12.1 Å². The number of amides is 1. The molecular formula is C11H13NO5. The van der Waals surface area contributed by atoms with Crippen molar-refractivity contribution < 1.29 is 23.8 Å². The van der Waals surface area contributed by atoms with Crippen LogP contribution in [0.25, 0.3) is 0 Å². The Bertz CT molecular complexity index is 385. The van der Waals surface area contributed by atoms with Crippen molar-refractivity contribution in [1.82, 2.24) is 5.32 Å². The zero-order valence-corrected chi connectivity index (χ0v) is 9.09. The molecule has 1 aromatic rings. The van der Waals surface area contributed by atoms with Crippen molar-refractivity contribution in [3.63, 3.8) is 0 Å². The lowest BCUT2D eigenvalue weighted by molar-refractivity contribution is -0.139. The molecule has 6 heteroatoms. The monoisotopic (exact) mass is 239 g/mol. The first-order chi connectivity index (χ1) is 8.13. The lowest BCUT2D eigenvalue weighted by atomic mass is 10.2. The van der Waals surface area contributed by atoms with E-state index in [9.17, 15) is 9.59 Å². The number of alkyl carbamates (subject to hydrolysis) is 1. The molecular weight excluding hydrogens is 226 g/mol. The number of aliphatic carboxylic acids is 1. The molecule has 1 aromatic heterocycles. The van der Waals surface area contributed by atoms with Gasteiger partial charge in [-0.15, -0.1) is 0 Å². The molecule has 0 radical (unpaired) electrons. The fourth-order valence-corrected chi connectivity index (χ4v) is 1.15. The molecule has 0 aliphatic carbocycles. The summed E-state index contributed by atoms with van der Waals surface area (Å²) >= 11 is 0. The van der Waals surface area contributed by atoms with Gasteiger partial charge < -0.3 is 19.6 Å². The number of ether oxygens (including phenoxy) is 1. The van der Waals surface area contributed by atoms with E-state index in [-0.39, 0.29) is 13.0 Å².